The molecule has 1 heterocycles. The summed E-state index contributed by atoms with van der Waals surface area (Å²) in [4.78, 5) is 1.08. The van der Waals surface area contributed by atoms with E-state index in [0.29, 0.717) is 17.4 Å². The van der Waals surface area contributed by atoms with E-state index in [1.165, 1.54) is 12.1 Å². The third-order valence-corrected chi connectivity index (χ3v) is 5.24. The fourth-order valence-electron chi connectivity index (χ4n) is 2.14. The van der Waals surface area contributed by atoms with Crippen molar-refractivity contribution in [1.29, 1.82) is 0 Å². The van der Waals surface area contributed by atoms with Crippen molar-refractivity contribution in [2.75, 3.05) is 6.54 Å². The molecule has 0 spiro atoms. The lowest BCUT2D eigenvalue weighted by atomic mass is 10.0. The summed E-state index contributed by atoms with van der Waals surface area (Å²) in [6, 6.07) is 4.23. The molecule has 1 N–H and O–H groups in total. The Morgan fingerprint density at radius 3 is 2.33 bits per heavy atom. The Morgan fingerprint density at radius 1 is 1.14 bits per heavy atom. The Hall–Kier alpha value is -0.300. The lowest BCUT2D eigenvalue weighted by Crippen LogP contribution is -2.25. The molecule has 1 unspecified atom stereocenters. The summed E-state index contributed by atoms with van der Waals surface area (Å²) in [5.41, 5.74) is 0.108. The van der Waals surface area contributed by atoms with Crippen LogP contribution in [0.5, 0.6) is 0 Å². The molecule has 0 saturated heterocycles. The maximum atomic E-state index is 14.2. The first-order chi connectivity index (χ1) is 10.0. The Morgan fingerprint density at radius 2 is 1.81 bits per heavy atom. The predicted molar refractivity (Wildman–Crippen MR) is 90.8 cm³/mol. The van der Waals surface area contributed by atoms with E-state index >= 15 is 0 Å². The van der Waals surface area contributed by atoms with Crippen LogP contribution in [0.3, 0.4) is 0 Å². The minimum Gasteiger partial charge on any atom is -0.309 e. The molecule has 0 aliphatic heterocycles. The molecule has 6 heteroatoms. The van der Waals surface area contributed by atoms with Gasteiger partial charge in [-0.15, -0.1) is 11.3 Å². The van der Waals surface area contributed by atoms with Gasteiger partial charge >= 0.3 is 0 Å². The quantitative estimate of drug-likeness (QED) is 0.597. The molecule has 0 fully saturated rings. The van der Waals surface area contributed by atoms with Crippen LogP contribution in [0.15, 0.2) is 32.5 Å². The number of thiophene rings is 1. The summed E-state index contributed by atoms with van der Waals surface area (Å²) < 4.78 is 29.8. The Bertz CT molecular complexity index is 592. The van der Waals surface area contributed by atoms with E-state index < -0.39 is 11.6 Å². The van der Waals surface area contributed by atoms with Crippen LogP contribution in [0.1, 0.15) is 29.8 Å². The van der Waals surface area contributed by atoms with Crippen molar-refractivity contribution in [3.8, 4) is 0 Å². The maximum Gasteiger partial charge on any atom is 0.132 e. The maximum absolute atomic E-state index is 14.2. The highest BCUT2D eigenvalue weighted by Gasteiger charge is 2.21. The summed E-state index contributed by atoms with van der Waals surface area (Å²) in [6.45, 7) is 2.74. The lowest BCUT2D eigenvalue weighted by Gasteiger charge is -2.20. The molecule has 0 radical (unpaired) electrons. The zero-order chi connectivity index (χ0) is 15.4. The van der Waals surface area contributed by atoms with Gasteiger partial charge < -0.3 is 5.32 Å². The molecule has 21 heavy (non-hydrogen) atoms. The number of rotatable bonds is 6. The van der Waals surface area contributed by atoms with E-state index in [4.69, 9.17) is 0 Å². The Balaban J connectivity index is 2.31. The highest BCUT2D eigenvalue weighted by molar-refractivity contribution is 9.10. The van der Waals surface area contributed by atoms with Gasteiger partial charge in [0.05, 0.1) is 0 Å². The number of nitrogens with one attached hydrogen (secondary N) is 1. The fraction of sp³-hybridized carbons (Fsp3) is 0.333. The first kappa shape index (κ1) is 17.1. The van der Waals surface area contributed by atoms with Gasteiger partial charge in [-0.05, 0) is 47.1 Å². The van der Waals surface area contributed by atoms with Gasteiger partial charge in [0.15, 0.2) is 0 Å². The topological polar surface area (TPSA) is 12.0 Å². The average molecular weight is 439 g/mol. The molecule has 1 atom stereocenters. The van der Waals surface area contributed by atoms with Crippen LogP contribution in [-0.4, -0.2) is 6.54 Å². The van der Waals surface area contributed by atoms with E-state index in [-0.39, 0.29) is 11.6 Å². The van der Waals surface area contributed by atoms with Crippen LogP contribution in [-0.2, 0) is 6.42 Å². The van der Waals surface area contributed by atoms with Gasteiger partial charge in [-0.25, -0.2) is 8.78 Å². The number of halogens is 4. The largest absolute Gasteiger partial charge is 0.309 e. The average Bonchev–Trinajstić information content (AvgIpc) is 2.80. The lowest BCUT2D eigenvalue weighted by molar-refractivity contribution is 0.465. The van der Waals surface area contributed by atoms with Crippen molar-refractivity contribution in [1.82, 2.24) is 5.32 Å². The van der Waals surface area contributed by atoms with E-state index in [0.717, 1.165) is 15.8 Å². The Kier molecular flexibility index (Phi) is 6.34. The molecule has 1 aromatic heterocycles. The van der Waals surface area contributed by atoms with Gasteiger partial charge in [-0.2, -0.15) is 0 Å². The van der Waals surface area contributed by atoms with E-state index in [1.54, 1.807) is 11.3 Å². The van der Waals surface area contributed by atoms with Crippen molar-refractivity contribution in [3.63, 3.8) is 0 Å². The van der Waals surface area contributed by atoms with Gasteiger partial charge in [-0.3, -0.25) is 0 Å². The second-order valence-electron chi connectivity index (χ2n) is 4.73. The third-order valence-electron chi connectivity index (χ3n) is 3.06. The molecule has 0 amide bonds. The Labute approximate surface area is 144 Å². The SMILES string of the molecule is CCCNC(Cc1cc(Br)cs1)c1c(F)cc(Br)cc1F. The zero-order valence-electron chi connectivity index (χ0n) is 11.4. The van der Waals surface area contributed by atoms with Gasteiger partial charge in [0, 0.05) is 37.2 Å². The van der Waals surface area contributed by atoms with Crippen molar-refractivity contribution >= 4 is 43.2 Å². The van der Waals surface area contributed by atoms with E-state index in [2.05, 4.69) is 37.2 Å². The third kappa shape index (κ3) is 4.58. The highest BCUT2D eigenvalue weighted by Crippen LogP contribution is 2.30. The minimum absolute atomic E-state index is 0.108. The summed E-state index contributed by atoms with van der Waals surface area (Å²) in [5.74, 6) is -1.04. The molecule has 114 valence electrons. The molecule has 1 nitrogen and oxygen atoms in total. The van der Waals surface area contributed by atoms with Crippen LogP contribution in [0, 0.1) is 11.6 Å². The normalized spacial score (nSPS) is 12.6. The number of hydrogen-bond acceptors (Lipinski definition) is 2. The van der Waals surface area contributed by atoms with Crippen LogP contribution in [0.4, 0.5) is 8.78 Å². The number of hydrogen-bond donors (Lipinski definition) is 1. The summed E-state index contributed by atoms with van der Waals surface area (Å²) in [6.07, 6.45) is 1.47. The summed E-state index contributed by atoms with van der Waals surface area (Å²) >= 11 is 8.10. The van der Waals surface area contributed by atoms with E-state index in [1.807, 2.05) is 18.4 Å². The molecule has 0 saturated carbocycles. The summed E-state index contributed by atoms with van der Waals surface area (Å²) in [5, 5.41) is 5.21. The monoisotopic (exact) mass is 437 g/mol. The fourth-order valence-corrected chi connectivity index (χ4v) is 4.04. The van der Waals surface area contributed by atoms with Crippen molar-refractivity contribution in [2.45, 2.75) is 25.8 Å². The zero-order valence-corrected chi connectivity index (χ0v) is 15.4. The molecular formula is C15H15Br2F2NS. The molecule has 0 bridgehead atoms. The highest BCUT2D eigenvalue weighted by atomic mass is 79.9. The predicted octanol–water partition coefficient (Wildman–Crippen LogP) is 5.83. The number of benzene rings is 1. The van der Waals surface area contributed by atoms with Crippen LogP contribution in [0.25, 0.3) is 0 Å². The standard InChI is InChI=1S/C15H15Br2F2NS/c1-2-3-20-14(7-11-4-10(17)8-21-11)15-12(18)5-9(16)6-13(15)19/h4-6,8,14,20H,2-3,7H2,1H3. The molecule has 0 aliphatic rings. The van der Waals surface area contributed by atoms with Gasteiger partial charge in [0.25, 0.3) is 0 Å². The first-order valence-corrected chi connectivity index (χ1v) is 9.08. The van der Waals surface area contributed by atoms with Crippen molar-refractivity contribution in [2.24, 2.45) is 0 Å². The summed E-state index contributed by atoms with van der Waals surface area (Å²) in [7, 11) is 0. The first-order valence-electron chi connectivity index (χ1n) is 6.62. The van der Waals surface area contributed by atoms with Crippen molar-refractivity contribution in [3.05, 3.63) is 54.6 Å². The molecule has 1 aromatic carbocycles. The smallest absolute Gasteiger partial charge is 0.132 e. The molecule has 2 aromatic rings. The van der Waals surface area contributed by atoms with Crippen LogP contribution in [0.2, 0.25) is 0 Å². The second kappa shape index (κ2) is 7.81. The minimum atomic E-state index is -0.522. The molecule has 0 aliphatic carbocycles. The van der Waals surface area contributed by atoms with Gasteiger partial charge in [0.1, 0.15) is 11.6 Å². The van der Waals surface area contributed by atoms with E-state index in [9.17, 15) is 8.78 Å². The van der Waals surface area contributed by atoms with Crippen LogP contribution < -0.4 is 5.32 Å². The van der Waals surface area contributed by atoms with Crippen molar-refractivity contribution < 1.29 is 8.78 Å². The van der Waals surface area contributed by atoms with Gasteiger partial charge in [0.2, 0.25) is 0 Å². The van der Waals surface area contributed by atoms with Crippen LogP contribution >= 0.6 is 43.2 Å². The molecular weight excluding hydrogens is 424 g/mol. The molecule has 2 rings (SSSR count). The van der Waals surface area contributed by atoms with Gasteiger partial charge in [-0.1, -0.05) is 22.9 Å². The second-order valence-corrected chi connectivity index (χ2v) is 7.55.